The maximum absolute atomic E-state index is 4.61. The van der Waals surface area contributed by atoms with E-state index in [0.29, 0.717) is 5.95 Å². The predicted octanol–water partition coefficient (Wildman–Crippen LogP) is 3.16. The SMILES string of the molecule is CNc1nc(NCCc2ccccc2)cc(N2CCCCC2)n1. The van der Waals surface area contributed by atoms with Crippen LogP contribution >= 0.6 is 0 Å². The van der Waals surface area contributed by atoms with Crippen molar-refractivity contribution in [1.29, 1.82) is 0 Å². The summed E-state index contributed by atoms with van der Waals surface area (Å²) in [6.45, 7) is 3.04. The molecule has 2 heterocycles. The first-order chi connectivity index (χ1) is 11.3. The second-order valence-corrected chi connectivity index (χ2v) is 5.90. The number of nitrogens with zero attached hydrogens (tertiary/aromatic N) is 3. The molecule has 0 atom stereocenters. The number of piperidine rings is 1. The van der Waals surface area contributed by atoms with Crippen molar-refractivity contribution in [3.8, 4) is 0 Å². The van der Waals surface area contributed by atoms with Gasteiger partial charge in [-0.1, -0.05) is 30.3 Å². The summed E-state index contributed by atoms with van der Waals surface area (Å²) in [7, 11) is 1.86. The van der Waals surface area contributed by atoms with Crippen molar-refractivity contribution in [2.75, 3.05) is 42.2 Å². The third-order valence-corrected chi connectivity index (χ3v) is 4.18. The summed E-state index contributed by atoms with van der Waals surface area (Å²) >= 11 is 0. The molecule has 0 amide bonds. The third kappa shape index (κ3) is 4.34. The zero-order chi connectivity index (χ0) is 15.9. The Morgan fingerprint density at radius 3 is 2.57 bits per heavy atom. The van der Waals surface area contributed by atoms with Gasteiger partial charge in [-0.2, -0.15) is 9.97 Å². The number of benzene rings is 1. The second kappa shape index (κ2) is 7.81. The van der Waals surface area contributed by atoms with Crippen LogP contribution in [0.1, 0.15) is 24.8 Å². The molecule has 2 aromatic rings. The molecule has 0 spiro atoms. The summed E-state index contributed by atoms with van der Waals surface area (Å²) in [5, 5.41) is 6.50. The lowest BCUT2D eigenvalue weighted by Crippen LogP contribution is -2.30. The van der Waals surface area contributed by atoms with Gasteiger partial charge >= 0.3 is 0 Å². The van der Waals surface area contributed by atoms with E-state index in [-0.39, 0.29) is 0 Å². The number of aromatic nitrogens is 2. The van der Waals surface area contributed by atoms with Gasteiger partial charge in [0.1, 0.15) is 11.6 Å². The Labute approximate surface area is 138 Å². The molecular weight excluding hydrogens is 286 g/mol. The number of hydrogen-bond donors (Lipinski definition) is 2. The third-order valence-electron chi connectivity index (χ3n) is 4.18. The van der Waals surface area contributed by atoms with Crippen LogP contribution in [0.25, 0.3) is 0 Å². The molecule has 122 valence electrons. The van der Waals surface area contributed by atoms with Gasteiger partial charge in [0.25, 0.3) is 0 Å². The highest BCUT2D eigenvalue weighted by Gasteiger charge is 2.14. The van der Waals surface area contributed by atoms with Crippen LogP contribution in [-0.2, 0) is 6.42 Å². The van der Waals surface area contributed by atoms with Crippen LogP contribution in [-0.4, -0.2) is 36.6 Å². The van der Waals surface area contributed by atoms with E-state index in [1.165, 1.54) is 24.8 Å². The van der Waals surface area contributed by atoms with Crippen molar-refractivity contribution in [1.82, 2.24) is 9.97 Å². The summed E-state index contributed by atoms with van der Waals surface area (Å²) in [6.07, 6.45) is 4.80. The zero-order valence-electron chi connectivity index (χ0n) is 13.8. The molecular formula is C18H25N5. The Morgan fingerprint density at radius 1 is 1.04 bits per heavy atom. The summed E-state index contributed by atoms with van der Waals surface area (Å²) in [4.78, 5) is 11.5. The highest BCUT2D eigenvalue weighted by atomic mass is 15.2. The van der Waals surface area contributed by atoms with E-state index in [2.05, 4.69) is 55.8 Å². The normalized spacial score (nSPS) is 14.6. The van der Waals surface area contributed by atoms with Crippen LogP contribution in [0.2, 0.25) is 0 Å². The molecule has 3 rings (SSSR count). The lowest BCUT2D eigenvalue weighted by Gasteiger charge is -2.28. The average Bonchev–Trinajstić information content (AvgIpc) is 2.63. The quantitative estimate of drug-likeness (QED) is 0.858. The molecule has 1 saturated heterocycles. The van der Waals surface area contributed by atoms with Crippen LogP contribution in [0.15, 0.2) is 36.4 Å². The maximum atomic E-state index is 4.61. The van der Waals surface area contributed by atoms with Gasteiger partial charge in [0, 0.05) is 32.7 Å². The molecule has 1 aliphatic rings. The minimum absolute atomic E-state index is 0.676. The number of rotatable bonds is 6. The lowest BCUT2D eigenvalue weighted by atomic mass is 10.1. The van der Waals surface area contributed by atoms with E-state index in [1.807, 2.05) is 13.1 Å². The van der Waals surface area contributed by atoms with Gasteiger partial charge in [0.2, 0.25) is 5.95 Å². The molecule has 0 unspecified atom stereocenters. The van der Waals surface area contributed by atoms with Crippen molar-refractivity contribution in [3.63, 3.8) is 0 Å². The van der Waals surface area contributed by atoms with Gasteiger partial charge in [-0.05, 0) is 31.2 Å². The topological polar surface area (TPSA) is 53.1 Å². The van der Waals surface area contributed by atoms with Crippen molar-refractivity contribution in [2.45, 2.75) is 25.7 Å². The van der Waals surface area contributed by atoms with E-state index in [1.54, 1.807) is 0 Å². The first kappa shape index (κ1) is 15.6. The molecule has 23 heavy (non-hydrogen) atoms. The Bertz CT molecular complexity index is 608. The number of anilines is 3. The predicted molar refractivity (Wildman–Crippen MR) is 96.3 cm³/mol. The van der Waals surface area contributed by atoms with Gasteiger partial charge in [0.05, 0.1) is 0 Å². The van der Waals surface area contributed by atoms with Gasteiger partial charge in [-0.15, -0.1) is 0 Å². The zero-order valence-corrected chi connectivity index (χ0v) is 13.8. The molecule has 0 radical (unpaired) electrons. The fourth-order valence-corrected chi connectivity index (χ4v) is 2.90. The van der Waals surface area contributed by atoms with Gasteiger partial charge < -0.3 is 15.5 Å². The monoisotopic (exact) mass is 311 g/mol. The minimum atomic E-state index is 0.676. The summed E-state index contributed by atoms with van der Waals surface area (Å²) in [5.41, 5.74) is 1.33. The standard InChI is InChI=1S/C18H25N5/c1-19-18-21-16(20-11-10-15-8-4-2-5-9-15)14-17(22-18)23-12-6-3-7-13-23/h2,4-5,8-9,14H,3,6-7,10-13H2,1H3,(H2,19,20,21,22). The van der Waals surface area contributed by atoms with Crippen LogP contribution in [0, 0.1) is 0 Å². The molecule has 0 bridgehead atoms. The van der Waals surface area contributed by atoms with E-state index >= 15 is 0 Å². The summed E-state index contributed by atoms with van der Waals surface area (Å²) < 4.78 is 0. The Hall–Kier alpha value is -2.30. The molecule has 1 aromatic carbocycles. The minimum Gasteiger partial charge on any atom is -0.370 e. The Kier molecular flexibility index (Phi) is 5.29. The van der Waals surface area contributed by atoms with Crippen LogP contribution < -0.4 is 15.5 Å². The average molecular weight is 311 g/mol. The second-order valence-electron chi connectivity index (χ2n) is 5.90. The highest BCUT2D eigenvalue weighted by Crippen LogP contribution is 2.21. The molecule has 5 heteroatoms. The Balaban J connectivity index is 1.65. The summed E-state index contributed by atoms with van der Waals surface area (Å²) in [6, 6.07) is 12.6. The maximum Gasteiger partial charge on any atom is 0.226 e. The van der Waals surface area contributed by atoms with E-state index in [0.717, 1.165) is 37.7 Å². The largest absolute Gasteiger partial charge is 0.370 e. The van der Waals surface area contributed by atoms with Gasteiger partial charge in [-0.3, -0.25) is 0 Å². The van der Waals surface area contributed by atoms with Crippen molar-refractivity contribution < 1.29 is 0 Å². The first-order valence-electron chi connectivity index (χ1n) is 8.45. The van der Waals surface area contributed by atoms with Crippen LogP contribution in [0.5, 0.6) is 0 Å². The lowest BCUT2D eigenvalue weighted by molar-refractivity contribution is 0.573. The molecule has 1 aromatic heterocycles. The fraction of sp³-hybridized carbons (Fsp3) is 0.444. The fourth-order valence-electron chi connectivity index (χ4n) is 2.90. The van der Waals surface area contributed by atoms with E-state index < -0.39 is 0 Å². The smallest absolute Gasteiger partial charge is 0.226 e. The van der Waals surface area contributed by atoms with Crippen LogP contribution in [0.3, 0.4) is 0 Å². The summed E-state index contributed by atoms with van der Waals surface area (Å²) in [5.74, 6) is 2.59. The van der Waals surface area contributed by atoms with Crippen LogP contribution in [0.4, 0.5) is 17.6 Å². The van der Waals surface area contributed by atoms with E-state index in [4.69, 9.17) is 0 Å². The number of hydrogen-bond acceptors (Lipinski definition) is 5. The van der Waals surface area contributed by atoms with Gasteiger partial charge in [0.15, 0.2) is 0 Å². The molecule has 0 aliphatic carbocycles. The van der Waals surface area contributed by atoms with Crippen molar-refractivity contribution in [2.24, 2.45) is 0 Å². The molecule has 1 fully saturated rings. The van der Waals surface area contributed by atoms with Gasteiger partial charge in [-0.25, -0.2) is 0 Å². The number of nitrogens with one attached hydrogen (secondary N) is 2. The van der Waals surface area contributed by atoms with Crippen molar-refractivity contribution in [3.05, 3.63) is 42.0 Å². The molecule has 1 aliphatic heterocycles. The Morgan fingerprint density at radius 2 is 1.83 bits per heavy atom. The molecule has 2 N–H and O–H groups in total. The van der Waals surface area contributed by atoms with Crippen molar-refractivity contribution >= 4 is 17.6 Å². The van der Waals surface area contributed by atoms with E-state index in [9.17, 15) is 0 Å². The highest BCUT2D eigenvalue weighted by molar-refractivity contribution is 5.53. The first-order valence-corrected chi connectivity index (χ1v) is 8.45. The molecule has 5 nitrogen and oxygen atoms in total. The molecule has 0 saturated carbocycles.